The molecular weight excluding hydrogens is 168 g/mol. The zero-order chi connectivity index (χ0) is 9.42. The predicted molar refractivity (Wildman–Crippen MR) is 46.9 cm³/mol. The van der Waals surface area contributed by atoms with E-state index in [9.17, 15) is 9.59 Å². The number of nitrogens with one attached hydrogen (secondary N) is 1. The molecule has 1 aliphatic heterocycles. The molecule has 1 saturated heterocycles. The number of rotatable bonds is 1. The van der Waals surface area contributed by atoms with Crippen molar-refractivity contribution in [1.29, 1.82) is 0 Å². The van der Waals surface area contributed by atoms with Crippen LogP contribution in [-0.2, 0) is 9.59 Å². The second kappa shape index (κ2) is 3.01. The maximum Gasteiger partial charge on any atom is 0.242 e. The molecule has 2 fully saturated rings. The van der Waals surface area contributed by atoms with Gasteiger partial charge in [0.1, 0.15) is 0 Å². The van der Waals surface area contributed by atoms with Crippen LogP contribution < -0.4 is 5.32 Å². The zero-order valence-electron chi connectivity index (χ0n) is 7.75. The highest BCUT2D eigenvalue weighted by Gasteiger charge is 2.36. The summed E-state index contributed by atoms with van der Waals surface area (Å²) in [6.45, 7) is 2.62. The number of carbonyl (C=O) groups excluding carboxylic acids is 2. The standard InChI is InChI=1S/C9H14N2O2/c1-6-2-7(3-6)11-5-8(12)10-4-9(11)13/h6-7H,2-5H2,1H3,(H,10,12). The SMILES string of the molecule is CC1CC(N2CC(=O)NCC2=O)C1. The molecule has 4 heteroatoms. The molecule has 0 unspecified atom stereocenters. The van der Waals surface area contributed by atoms with Gasteiger partial charge in [0.15, 0.2) is 0 Å². The number of hydrogen-bond acceptors (Lipinski definition) is 2. The minimum absolute atomic E-state index is 0.0286. The number of piperazine rings is 1. The van der Waals surface area contributed by atoms with E-state index in [1.807, 2.05) is 0 Å². The normalized spacial score (nSPS) is 34.1. The van der Waals surface area contributed by atoms with Gasteiger partial charge >= 0.3 is 0 Å². The lowest BCUT2D eigenvalue weighted by Crippen LogP contribution is -2.58. The van der Waals surface area contributed by atoms with E-state index < -0.39 is 0 Å². The highest BCUT2D eigenvalue weighted by Crippen LogP contribution is 2.31. The number of amides is 2. The molecule has 2 aliphatic rings. The van der Waals surface area contributed by atoms with Gasteiger partial charge in [0.05, 0.1) is 13.1 Å². The average Bonchev–Trinajstić information content (AvgIpc) is 2.04. The van der Waals surface area contributed by atoms with Crippen LogP contribution in [0.3, 0.4) is 0 Å². The van der Waals surface area contributed by atoms with Crippen molar-refractivity contribution in [3.63, 3.8) is 0 Å². The number of hydrogen-bond donors (Lipinski definition) is 1. The second-order valence-electron chi connectivity index (χ2n) is 4.03. The summed E-state index contributed by atoms with van der Waals surface area (Å²) in [5, 5.41) is 2.55. The highest BCUT2D eigenvalue weighted by molar-refractivity contribution is 5.92. The van der Waals surface area contributed by atoms with Gasteiger partial charge < -0.3 is 10.2 Å². The van der Waals surface area contributed by atoms with E-state index in [0.717, 1.165) is 12.8 Å². The minimum atomic E-state index is -0.0286. The molecule has 1 saturated carbocycles. The maximum absolute atomic E-state index is 11.4. The Morgan fingerprint density at radius 3 is 2.69 bits per heavy atom. The van der Waals surface area contributed by atoms with Crippen molar-refractivity contribution in [3.8, 4) is 0 Å². The second-order valence-corrected chi connectivity index (χ2v) is 4.03. The Morgan fingerprint density at radius 1 is 1.38 bits per heavy atom. The topological polar surface area (TPSA) is 49.4 Å². The molecule has 0 spiro atoms. The Hall–Kier alpha value is -1.06. The van der Waals surface area contributed by atoms with E-state index >= 15 is 0 Å². The first-order chi connectivity index (χ1) is 6.16. The summed E-state index contributed by atoms with van der Waals surface area (Å²) in [6.07, 6.45) is 2.11. The summed E-state index contributed by atoms with van der Waals surface area (Å²) in [5.74, 6) is 0.749. The minimum Gasteiger partial charge on any atom is -0.345 e. The fourth-order valence-corrected chi connectivity index (χ4v) is 2.02. The molecular formula is C9H14N2O2. The molecule has 0 aromatic carbocycles. The van der Waals surface area contributed by atoms with Gasteiger partial charge in [-0.25, -0.2) is 0 Å². The van der Waals surface area contributed by atoms with Crippen LogP contribution in [-0.4, -0.2) is 35.8 Å². The third kappa shape index (κ3) is 1.53. The quantitative estimate of drug-likeness (QED) is 0.607. The first-order valence-electron chi connectivity index (χ1n) is 4.73. The Morgan fingerprint density at radius 2 is 2.08 bits per heavy atom. The van der Waals surface area contributed by atoms with E-state index in [-0.39, 0.29) is 24.9 Å². The van der Waals surface area contributed by atoms with Crippen LogP contribution in [0.1, 0.15) is 19.8 Å². The molecule has 1 heterocycles. The van der Waals surface area contributed by atoms with E-state index in [2.05, 4.69) is 12.2 Å². The van der Waals surface area contributed by atoms with Gasteiger partial charge in [-0.3, -0.25) is 9.59 Å². The highest BCUT2D eigenvalue weighted by atomic mass is 16.2. The van der Waals surface area contributed by atoms with E-state index in [0.29, 0.717) is 12.0 Å². The predicted octanol–water partition coefficient (Wildman–Crippen LogP) is -0.257. The molecule has 13 heavy (non-hydrogen) atoms. The molecule has 0 atom stereocenters. The summed E-state index contributed by atoms with van der Waals surface area (Å²) in [5.41, 5.74) is 0. The number of carbonyl (C=O) groups is 2. The van der Waals surface area contributed by atoms with Gasteiger partial charge in [-0.1, -0.05) is 6.92 Å². The lowest BCUT2D eigenvalue weighted by Gasteiger charge is -2.42. The molecule has 1 N–H and O–H groups in total. The van der Waals surface area contributed by atoms with Crippen LogP contribution in [0.25, 0.3) is 0 Å². The summed E-state index contributed by atoms with van der Waals surface area (Å²) in [6, 6.07) is 0.327. The summed E-state index contributed by atoms with van der Waals surface area (Å²) >= 11 is 0. The summed E-state index contributed by atoms with van der Waals surface area (Å²) < 4.78 is 0. The van der Waals surface area contributed by atoms with E-state index in [1.54, 1.807) is 4.90 Å². The van der Waals surface area contributed by atoms with E-state index in [1.165, 1.54) is 0 Å². The van der Waals surface area contributed by atoms with Crippen LogP contribution in [0.2, 0.25) is 0 Å². The molecule has 72 valence electrons. The smallest absolute Gasteiger partial charge is 0.242 e. The van der Waals surface area contributed by atoms with Crippen LogP contribution in [0, 0.1) is 5.92 Å². The van der Waals surface area contributed by atoms with Crippen LogP contribution in [0.5, 0.6) is 0 Å². The Kier molecular flexibility index (Phi) is 1.98. The molecule has 0 aromatic heterocycles. The van der Waals surface area contributed by atoms with Gasteiger partial charge in [-0.15, -0.1) is 0 Å². The van der Waals surface area contributed by atoms with Gasteiger partial charge in [0, 0.05) is 6.04 Å². The summed E-state index contributed by atoms with van der Waals surface area (Å²) in [7, 11) is 0. The maximum atomic E-state index is 11.4. The zero-order valence-corrected chi connectivity index (χ0v) is 7.75. The van der Waals surface area contributed by atoms with Crippen molar-refractivity contribution < 1.29 is 9.59 Å². The van der Waals surface area contributed by atoms with Crippen LogP contribution in [0.4, 0.5) is 0 Å². The van der Waals surface area contributed by atoms with Crippen LogP contribution in [0.15, 0.2) is 0 Å². The third-order valence-corrected chi connectivity index (χ3v) is 2.86. The average molecular weight is 182 g/mol. The Balaban J connectivity index is 1.96. The molecule has 0 bridgehead atoms. The van der Waals surface area contributed by atoms with E-state index in [4.69, 9.17) is 0 Å². The molecule has 0 radical (unpaired) electrons. The van der Waals surface area contributed by atoms with Crippen molar-refractivity contribution >= 4 is 11.8 Å². The first kappa shape index (κ1) is 8.53. The van der Waals surface area contributed by atoms with Crippen molar-refractivity contribution in [2.45, 2.75) is 25.8 Å². The van der Waals surface area contributed by atoms with Gasteiger partial charge in [-0.2, -0.15) is 0 Å². The molecule has 0 aromatic rings. The Bertz CT molecular complexity index is 246. The monoisotopic (exact) mass is 182 g/mol. The fraction of sp³-hybridized carbons (Fsp3) is 0.778. The largest absolute Gasteiger partial charge is 0.345 e. The van der Waals surface area contributed by atoms with Gasteiger partial charge in [0.2, 0.25) is 11.8 Å². The molecule has 4 nitrogen and oxygen atoms in total. The molecule has 1 aliphatic carbocycles. The van der Waals surface area contributed by atoms with Crippen molar-refractivity contribution in [3.05, 3.63) is 0 Å². The van der Waals surface area contributed by atoms with Gasteiger partial charge in [-0.05, 0) is 18.8 Å². The first-order valence-corrected chi connectivity index (χ1v) is 4.73. The van der Waals surface area contributed by atoms with Crippen molar-refractivity contribution in [2.75, 3.05) is 13.1 Å². The number of nitrogens with zero attached hydrogens (tertiary/aromatic N) is 1. The van der Waals surface area contributed by atoms with Crippen molar-refractivity contribution in [1.82, 2.24) is 10.2 Å². The third-order valence-electron chi connectivity index (χ3n) is 2.86. The van der Waals surface area contributed by atoms with Gasteiger partial charge in [0.25, 0.3) is 0 Å². The fourth-order valence-electron chi connectivity index (χ4n) is 2.02. The van der Waals surface area contributed by atoms with Crippen LogP contribution >= 0.6 is 0 Å². The molecule has 2 amide bonds. The lowest BCUT2D eigenvalue weighted by atomic mass is 9.80. The Labute approximate surface area is 77.3 Å². The molecule has 2 rings (SSSR count). The summed E-state index contributed by atoms with van der Waals surface area (Å²) in [4.78, 5) is 24.2. The van der Waals surface area contributed by atoms with Crippen molar-refractivity contribution in [2.24, 2.45) is 5.92 Å². The lowest BCUT2D eigenvalue weighted by molar-refractivity contribution is -0.145.